The van der Waals surface area contributed by atoms with Gasteiger partial charge in [-0.2, -0.15) is 0 Å². The van der Waals surface area contributed by atoms with Gasteiger partial charge in [0.05, 0.1) is 17.6 Å². The van der Waals surface area contributed by atoms with Crippen molar-refractivity contribution >= 4 is 5.91 Å². The van der Waals surface area contributed by atoms with Crippen LogP contribution in [0.2, 0.25) is 0 Å². The van der Waals surface area contributed by atoms with E-state index in [-0.39, 0.29) is 11.8 Å². The van der Waals surface area contributed by atoms with Gasteiger partial charge >= 0.3 is 0 Å². The number of rotatable bonds is 3. The zero-order valence-corrected chi connectivity index (χ0v) is 15.2. The van der Waals surface area contributed by atoms with Crippen LogP contribution < -0.4 is 0 Å². The number of piperidine rings is 1. The number of aromatic nitrogens is 4. The van der Waals surface area contributed by atoms with Crippen molar-refractivity contribution < 1.29 is 4.79 Å². The fourth-order valence-electron chi connectivity index (χ4n) is 3.62. The van der Waals surface area contributed by atoms with E-state index in [1.165, 1.54) is 11.8 Å². The zero-order valence-electron chi connectivity index (χ0n) is 15.2. The summed E-state index contributed by atoms with van der Waals surface area (Å²) in [6, 6.07) is 8.29. The normalized spacial score (nSPS) is 16.9. The number of carbonyl (C=O) groups excluding carboxylic acids is 1. The van der Waals surface area contributed by atoms with E-state index in [2.05, 4.69) is 45.1 Å². The summed E-state index contributed by atoms with van der Waals surface area (Å²) >= 11 is 0. The lowest BCUT2D eigenvalue weighted by molar-refractivity contribution is 0.0699. The van der Waals surface area contributed by atoms with Gasteiger partial charge in [-0.25, -0.2) is 4.98 Å². The van der Waals surface area contributed by atoms with Gasteiger partial charge in [-0.3, -0.25) is 19.7 Å². The predicted octanol–water partition coefficient (Wildman–Crippen LogP) is 3.26. The Balaban J connectivity index is 1.62. The summed E-state index contributed by atoms with van der Waals surface area (Å²) in [5.41, 5.74) is 4.50. The summed E-state index contributed by atoms with van der Waals surface area (Å²) in [7, 11) is 0. The Morgan fingerprint density at radius 1 is 1.11 bits per heavy atom. The fraction of sp³-hybridized carbons (Fsp3) is 0.286. The quantitative estimate of drug-likeness (QED) is 0.718. The number of hydrogen-bond acceptors (Lipinski definition) is 5. The molecule has 0 saturated carbocycles. The third-order valence-corrected chi connectivity index (χ3v) is 4.90. The number of benzene rings is 1. The predicted molar refractivity (Wildman–Crippen MR) is 102 cm³/mol. The Hall–Kier alpha value is -3.15. The summed E-state index contributed by atoms with van der Waals surface area (Å²) in [6.07, 6.45) is 10.0. The van der Waals surface area contributed by atoms with E-state index < -0.39 is 0 Å². The fourth-order valence-corrected chi connectivity index (χ4v) is 3.62. The maximum atomic E-state index is 12.8. The largest absolute Gasteiger partial charge is 0.337 e. The molecule has 4 rings (SSSR count). The molecule has 2 aromatic heterocycles. The molecule has 1 aliphatic heterocycles. The first-order valence-electron chi connectivity index (χ1n) is 9.15. The van der Waals surface area contributed by atoms with Gasteiger partial charge in [0.2, 0.25) is 0 Å². The van der Waals surface area contributed by atoms with Crippen LogP contribution in [0.3, 0.4) is 0 Å². The van der Waals surface area contributed by atoms with Gasteiger partial charge in [0.1, 0.15) is 5.69 Å². The first kappa shape index (κ1) is 17.3. The highest BCUT2D eigenvalue weighted by molar-refractivity contribution is 5.92. The second-order valence-electron chi connectivity index (χ2n) is 6.84. The van der Waals surface area contributed by atoms with Crippen molar-refractivity contribution in [2.24, 2.45) is 0 Å². The molecule has 1 fully saturated rings. The van der Waals surface area contributed by atoms with Crippen LogP contribution in [-0.2, 0) is 0 Å². The standard InChI is InChI=1S/C21H21N5O/c1-15-4-2-5-16(12-15)19-20(25-10-9-24-19)17-6-3-11-26(14-17)21(27)18-13-22-7-8-23-18/h2,4-5,7-10,12-13,17H,3,6,11,14H2,1H3. The molecule has 0 aliphatic carbocycles. The first-order chi connectivity index (χ1) is 13.2. The van der Waals surface area contributed by atoms with Crippen molar-refractivity contribution in [2.75, 3.05) is 13.1 Å². The number of nitrogens with zero attached hydrogens (tertiary/aromatic N) is 5. The van der Waals surface area contributed by atoms with E-state index in [1.54, 1.807) is 24.8 Å². The molecule has 136 valence electrons. The maximum Gasteiger partial charge on any atom is 0.274 e. The first-order valence-corrected chi connectivity index (χ1v) is 9.15. The minimum absolute atomic E-state index is 0.0752. The number of hydrogen-bond donors (Lipinski definition) is 0. The summed E-state index contributed by atoms with van der Waals surface area (Å²) in [5, 5.41) is 0. The highest BCUT2D eigenvalue weighted by Gasteiger charge is 2.29. The molecule has 1 amide bonds. The zero-order chi connectivity index (χ0) is 18.6. The van der Waals surface area contributed by atoms with Crippen molar-refractivity contribution in [3.63, 3.8) is 0 Å². The average molecular weight is 359 g/mol. The van der Waals surface area contributed by atoms with Crippen LogP contribution in [0.1, 0.15) is 40.5 Å². The van der Waals surface area contributed by atoms with Crippen molar-refractivity contribution in [2.45, 2.75) is 25.7 Å². The molecule has 6 nitrogen and oxygen atoms in total. The second kappa shape index (κ2) is 7.61. The van der Waals surface area contributed by atoms with Gasteiger partial charge in [0.25, 0.3) is 5.91 Å². The monoisotopic (exact) mass is 359 g/mol. The molecule has 6 heteroatoms. The SMILES string of the molecule is Cc1cccc(-c2nccnc2C2CCCN(C(=O)c3cnccn3)C2)c1. The molecule has 3 heterocycles. The van der Waals surface area contributed by atoms with Gasteiger partial charge in [-0.05, 0) is 25.8 Å². The summed E-state index contributed by atoms with van der Waals surface area (Å²) in [5.74, 6) is 0.0809. The van der Waals surface area contributed by atoms with E-state index in [0.29, 0.717) is 12.2 Å². The highest BCUT2D eigenvalue weighted by Crippen LogP contribution is 2.32. The molecule has 0 N–H and O–H groups in total. The Kier molecular flexibility index (Phi) is 4.87. The Morgan fingerprint density at radius 3 is 2.78 bits per heavy atom. The van der Waals surface area contributed by atoms with Crippen LogP contribution in [0.15, 0.2) is 55.2 Å². The Morgan fingerprint density at radius 2 is 1.96 bits per heavy atom. The molecule has 0 radical (unpaired) electrons. The van der Waals surface area contributed by atoms with Gasteiger partial charge in [0, 0.05) is 49.4 Å². The summed E-state index contributed by atoms with van der Waals surface area (Å²) in [4.78, 5) is 32.0. The van der Waals surface area contributed by atoms with Gasteiger partial charge in [-0.15, -0.1) is 0 Å². The van der Waals surface area contributed by atoms with E-state index in [4.69, 9.17) is 0 Å². The molecule has 3 aromatic rings. The van der Waals surface area contributed by atoms with Crippen LogP contribution in [0.4, 0.5) is 0 Å². The molecule has 1 aliphatic rings. The molecular weight excluding hydrogens is 338 g/mol. The molecular formula is C21H21N5O. The number of likely N-dealkylation sites (tertiary alicyclic amines) is 1. The third-order valence-electron chi connectivity index (χ3n) is 4.90. The molecule has 1 unspecified atom stereocenters. The average Bonchev–Trinajstić information content (AvgIpc) is 2.74. The Labute approximate surface area is 158 Å². The van der Waals surface area contributed by atoms with E-state index in [9.17, 15) is 4.79 Å². The smallest absolute Gasteiger partial charge is 0.274 e. The number of carbonyl (C=O) groups is 1. The van der Waals surface area contributed by atoms with Crippen molar-refractivity contribution in [3.05, 3.63) is 72.2 Å². The van der Waals surface area contributed by atoms with Crippen molar-refractivity contribution in [1.29, 1.82) is 0 Å². The second-order valence-corrected chi connectivity index (χ2v) is 6.84. The van der Waals surface area contributed by atoms with Crippen LogP contribution >= 0.6 is 0 Å². The number of amides is 1. The minimum Gasteiger partial charge on any atom is -0.337 e. The van der Waals surface area contributed by atoms with Crippen LogP contribution in [-0.4, -0.2) is 43.8 Å². The maximum absolute atomic E-state index is 12.8. The van der Waals surface area contributed by atoms with E-state index in [1.807, 2.05) is 11.0 Å². The van der Waals surface area contributed by atoms with Crippen molar-refractivity contribution in [1.82, 2.24) is 24.8 Å². The molecule has 1 aromatic carbocycles. The van der Waals surface area contributed by atoms with Crippen LogP contribution in [0, 0.1) is 6.92 Å². The van der Waals surface area contributed by atoms with Gasteiger partial charge in [-0.1, -0.05) is 23.8 Å². The van der Waals surface area contributed by atoms with E-state index in [0.717, 1.165) is 36.3 Å². The van der Waals surface area contributed by atoms with Gasteiger partial charge in [0.15, 0.2) is 0 Å². The topological polar surface area (TPSA) is 71.9 Å². The molecule has 1 saturated heterocycles. The lowest BCUT2D eigenvalue weighted by Crippen LogP contribution is -2.39. The third kappa shape index (κ3) is 3.69. The molecule has 1 atom stereocenters. The highest BCUT2D eigenvalue weighted by atomic mass is 16.2. The van der Waals surface area contributed by atoms with Crippen molar-refractivity contribution in [3.8, 4) is 11.3 Å². The lowest BCUT2D eigenvalue weighted by Gasteiger charge is -2.32. The Bertz CT molecular complexity index is 944. The molecule has 0 spiro atoms. The number of aryl methyl sites for hydroxylation is 1. The minimum atomic E-state index is -0.0752. The van der Waals surface area contributed by atoms with Gasteiger partial charge < -0.3 is 4.90 Å². The van der Waals surface area contributed by atoms with Crippen LogP contribution in [0.25, 0.3) is 11.3 Å². The van der Waals surface area contributed by atoms with Crippen LogP contribution in [0.5, 0.6) is 0 Å². The van der Waals surface area contributed by atoms with E-state index >= 15 is 0 Å². The summed E-state index contributed by atoms with van der Waals surface area (Å²) < 4.78 is 0. The summed E-state index contributed by atoms with van der Waals surface area (Å²) in [6.45, 7) is 3.42. The molecule has 27 heavy (non-hydrogen) atoms. The lowest BCUT2D eigenvalue weighted by atomic mass is 9.91. The molecule has 0 bridgehead atoms.